The highest BCUT2D eigenvalue weighted by atomic mass is 32.2. The average Bonchev–Trinajstić information content (AvgIpc) is 2.93. The summed E-state index contributed by atoms with van der Waals surface area (Å²) in [5.41, 5.74) is 1.38. The molecule has 0 aliphatic rings. The lowest BCUT2D eigenvalue weighted by Crippen LogP contribution is -2.50. The van der Waals surface area contributed by atoms with E-state index >= 15 is 0 Å². The third-order valence-corrected chi connectivity index (χ3v) is 7.58. The van der Waals surface area contributed by atoms with E-state index in [1.165, 1.54) is 23.1 Å². The van der Waals surface area contributed by atoms with Gasteiger partial charge in [0, 0.05) is 38.0 Å². The first kappa shape index (κ1) is 30.7. The second-order valence-electron chi connectivity index (χ2n) is 9.52. The Hall–Kier alpha value is -3.79. The number of hydrogen-bond acceptors (Lipinski definition) is 4. The Bertz CT molecular complexity index is 1370. The van der Waals surface area contributed by atoms with E-state index in [1.807, 2.05) is 37.3 Å². The number of halogens is 2. The molecule has 0 saturated carbocycles. The van der Waals surface area contributed by atoms with E-state index < -0.39 is 33.6 Å². The van der Waals surface area contributed by atoms with Gasteiger partial charge in [-0.25, -0.2) is 17.2 Å². The molecule has 0 radical (unpaired) electrons. The zero-order chi connectivity index (χ0) is 29.1. The van der Waals surface area contributed by atoms with Crippen LogP contribution in [0.2, 0.25) is 0 Å². The van der Waals surface area contributed by atoms with Crippen molar-refractivity contribution in [3.63, 3.8) is 0 Å². The van der Waals surface area contributed by atoms with Crippen LogP contribution in [-0.2, 0) is 32.6 Å². The van der Waals surface area contributed by atoms with Crippen LogP contribution in [0.25, 0.3) is 0 Å². The maximum Gasteiger partial charge on any atom is 0.243 e. The number of carbonyl (C=O) groups is 2. The van der Waals surface area contributed by atoms with Gasteiger partial charge >= 0.3 is 0 Å². The summed E-state index contributed by atoms with van der Waals surface area (Å²) >= 11 is 0. The number of anilines is 1. The van der Waals surface area contributed by atoms with E-state index in [0.29, 0.717) is 13.0 Å². The van der Waals surface area contributed by atoms with Gasteiger partial charge in [0.1, 0.15) is 17.7 Å². The number of benzene rings is 3. The summed E-state index contributed by atoms with van der Waals surface area (Å²) in [6.45, 7) is 2.18. The minimum atomic E-state index is -3.71. The van der Waals surface area contributed by atoms with Crippen molar-refractivity contribution in [1.29, 1.82) is 0 Å². The Kier molecular flexibility index (Phi) is 11.2. The minimum Gasteiger partial charge on any atom is -0.354 e. The third kappa shape index (κ3) is 8.87. The monoisotopic (exact) mass is 571 g/mol. The molecule has 0 spiro atoms. The number of carbonyl (C=O) groups excluding carboxylic acids is 2. The fraction of sp³-hybridized carbons (Fsp3) is 0.333. The summed E-state index contributed by atoms with van der Waals surface area (Å²) in [5, 5.41) is 2.86. The summed E-state index contributed by atoms with van der Waals surface area (Å²) < 4.78 is 54.1. The van der Waals surface area contributed by atoms with Crippen molar-refractivity contribution >= 4 is 27.5 Å². The molecule has 0 bridgehead atoms. The van der Waals surface area contributed by atoms with Crippen LogP contribution in [0.15, 0.2) is 78.9 Å². The predicted molar refractivity (Wildman–Crippen MR) is 152 cm³/mol. The van der Waals surface area contributed by atoms with Gasteiger partial charge in [-0.05, 0) is 48.7 Å². The first-order valence-electron chi connectivity index (χ1n) is 13.2. The molecule has 10 heteroatoms. The molecule has 0 heterocycles. The standard InChI is InChI=1S/C30H35F2N3O4S/c1-3-19-33-30(37)28(21-23-10-5-4-6-11-23)34(22-24-12-7-8-13-27(24)32)29(36)14-9-20-35(40(2,38)39)26-17-15-25(31)16-18-26/h4-8,10-13,15-18,28H,3,9,14,19-22H2,1-2H3,(H,33,37)/t28-/m1/s1. The second kappa shape index (κ2) is 14.6. The van der Waals surface area contributed by atoms with Gasteiger partial charge in [-0.3, -0.25) is 13.9 Å². The zero-order valence-corrected chi connectivity index (χ0v) is 23.5. The lowest BCUT2D eigenvalue weighted by Gasteiger charge is -2.32. The fourth-order valence-electron chi connectivity index (χ4n) is 4.34. The van der Waals surface area contributed by atoms with Crippen molar-refractivity contribution in [1.82, 2.24) is 10.2 Å². The summed E-state index contributed by atoms with van der Waals surface area (Å²) in [5.74, 6) is -1.75. The molecule has 0 aliphatic heterocycles. The molecule has 7 nitrogen and oxygen atoms in total. The quantitative estimate of drug-likeness (QED) is 0.305. The topological polar surface area (TPSA) is 86.8 Å². The highest BCUT2D eigenvalue weighted by molar-refractivity contribution is 7.92. The van der Waals surface area contributed by atoms with Crippen LogP contribution in [-0.4, -0.2) is 50.5 Å². The van der Waals surface area contributed by atoms with Crippen molar-refractivity contribution in [3.8, 4) is 0 Å². The summed E-state index contributed by atoms with van der Waals surface area (Å²) in [4.78, 5) is 28.4. The van der Waals surface area contributed by atoms with Crippen molar-refractivity contribution in [2.75, 3.05) is 23.7 Å². The van der Waals surface area contributed by atoms with Crippen LogP contribution in [0, 0.1) is 11.6 Å². The first-order chi connectivity index (χ1) is 19.1. The van der Waals surface area contributed by atoms with Crippen LogP contribution in [0.1, 0.15) is 37.3 Å². The second-order valence-corrected chi connectivity index (χ2v) is 11.4. The summed E-state index contributed by atoms with van der Waals surface area (Å²) in [7, 11) is -3.71. The van der Waals surface area contributed by atoms with Gasteiger partial charge in [0.05, 0.1) is 11.9 Å². The van der Waals surface area contributed by atoms with E-state index in [2.05, 4.69) is 5.32 Å². The molecule has 0 aromatic heterocycles. The number of hydrogen-bond donors (Lipinski definition) is 1. The number of rotatable bonds is 14. The van der Waals surface area contributed by atoms with Gasteiger partial charge in [0.15, 0.2) is 0 Å². The molecular formula is C30H35F2N3O4S. The summed E-state index contributed by atoms with van der Waals surface area (Å²) in [6, 6.07) is 19.5. The Labute approximate surface area is 234 Å². The maximum atomic E-state index is 14.7. The SMILES string of the molecule is CCCNC(=O)[C@@H](Cc1ccccc1)N(Cc1ccccc1F)C(=O)CCCN(c1ccc(F)cc1)S(C)(=O)=O. The van der Waals surface area contributed by atoms with Crippen molar-refractivity contribution in [2.45, 2.75) is 45.2 Å². The van der Waals surface area contributed by atoms with Gasteiger partial charge < -0.3 is 10.2 Å². The van der Waals surface area contributed by atoms with E-state index in [1.54, 1.807) is 18.2 Å². The van der Waals surface area contributed by atoms with Crippen LogP contribution in [0.3, 0.4) is 0 Å². The number of sulfonamides is 1. The Morgan fingerprint density at radius 1 is 0.925 bits per heavy atom. The normalized spacial score (nSPS) is 12.0. The molecule has 3 rings (SSSR count). The van der Waals surface area contributed by atoms with Gasteiger partial charge in [0.2, 0.25) is 21.8 Å². The van der Waals surface area contributed by atoms with Gasteiger partial charge in [-0.1, -0.05) is 55.5 Å². The Morgan fingerprint density at radius 3 is 2.20 bits per heavy atom. The first-order valence-corrected chi connectivity index (χ1v) is 15.0. The van der Waals surface area contributed by atoms with Crippen molar-refractivity contribution in [2.24, 2.45) is 0 Å². The minimum absolute atomic E-state index is 0.0326. The molecule has 214 valence electrons. The highest BCUT2D eigenvalue weighted by Crippen LogP contribution is 2.21. The van der Waals surface area contributed by atoms with Crippen molar-refractivity contribution in [3.05, 3.63) is 102 Å². The predicted octanol–water partition coefficient (Wildman–Crippen LogP) is 4.68. The average molecular weight is 572 g/mol. The molecule has 3 aromatic rings. The lowest BCUT2D eigenvalue weighted by molar-refractivity contribution is -0.141. The third-order valence-electron chi connectivity index (χ3n) is 6.39. The van der Waals surface area contributed by atoms with E-state index in [-0.39, 0.29) is 49.5 Å². The molecule has 0 saturated heterocycles. The molecule has 0 aliphatic carbocycles. The molecule has 40 heavy (non-hydrogen) atoms. The number of nitrogens with zero attached hydrogens (tertiary/aromatic N) is 2. The highest BCUT2D eigenvalue weighted by Gasteiger charge is 2.31. The van der Waals surface area contributed by atoms with E-state index in [9.17, 15) is 26.8 Å². The smallest absolute Gasteiger partial charge is 0.243 e. The molecule has 0 fully saturated rings. The van der Waals surface area contributed by atoms with Crippen LogP contribution < -0.4 is 9.62 Å². The maximum absolute atomic E-state index is 14.7. The fourth-order valence-corrected chi connectivity index (χ4v) is 5.31. The molecular weight excluding hydrogens is 536 g/mol. The summed E-state index contributed by atoms with van der Waals surface area (Å²) in [6.07, 6.45) is 2.01. The van der Waals surface area contributed by atoms with Crippen LogP contribution in [0.5, 0.6) is 0 Å². The van der Waals surface area contributed by atoms with Crippen LogP contribution in [0.4, 0.5) is 14.5 Å². The number of nitrogens with one attached hydrogen (secondary N) is 1. The number of amides is 2. The van der Waals surface area contributed by atoms with Gasteiger partial charge in [-0.15, -0.1) is 0 Å². The van der Waals surface area contributed by atoms with Gasteiger partial charge in [-0.2, -0.15) is 0 Å². The van der Waals surface area contributed by atoms with E-state index in [4.69, 9.17) is 0 Å². The molecule has 2 amide bonds. The molecule has 0 unspecified atom stereocenters. The molecule has 1 N–H and O–H groups in total. The largest absolute Gasteiger partial charge is 0.354 e. The zero-order valence-electron chi connectivity index (χ0n) is 22.7. The van der Waals surface area contributed by atoms with Crippen LogP contribution >= 0.6 is 0 Å². The Morgan fingerprint density at radius 2 is 1.57 bits per heavy atom. The molecule has 3 aromatic carbocycles. The van der Waals surface area contributed by atoms with Gasteiger partial charge in [0.25, 0.3) is 0 Å². The Balaban J connectivity index is 1.87. The molecule has 1 atom stereocenters. The lowest BCUT2D eigenvalue weighted by atomic mass is 10.0. The van der Waals surface area contributed by atoms with E-state index in [0.717, 1.165) is 28.3 Å². The van der Waals surface area contributed by atoms with Crippen molar-refractivity contribution < 1.29 is 26.8 Å².